The first-order valence-corrected chi connectivity index (χ1v) is 6.75. The third-order valence-electron chi connectivity index (χ3n) is 3.40. The Labute approximate surface area is 105 Å². The van der Waals surface area contributed by atoms with Crippen molar-refractivity contribution >= 4 is 0 Å². The molecule has 17 heavy (non-hydrogen) atoms. The molecule has 0 spiro atoms. The summed E-state index contributed by atoms with van der Waals surface area (Å²) in [5.41, 5.74) is -0.120. The lowest BCUT2D eigenvalue weighted by Crippen LogP contribution is -2.46. The number of rotatable bonds is 8. The van der Waals surface area contributed by atoms with Crippen LogP contribution in [0, 0.1) is 0 Å². The minimum absolute atomic E-state index is 0.120. The molecular formula is C13H27NO3. The van der Waals surface area contributed by atoms with Gasteiger partial charge in [-0.3, -0.25) is 0 Å². The highest BCUT2D eigenvalue weighted by molar-refractivity contribution is 4.96. The summed E-state index contributed by atoms with van der Waals surface area (Å²) in [5, 5.41) is 12.9. The number of likely N-dealkylation sites (N-methyl/N-ethyl adjacent to an activating group) is 1. The molecule has 1 fully saturated rings. The maximum atomic E-state index is 9.50. The van der Waals surface area contributed by atoms with E-state index in [0.717, 1.165) is 32.4 Å². The molecule has 3 unspecified atom stereocenters. The van der Waals surface area contributed by atoms with E-state index in [-0.39, 0.29) is 24.4 Å². The molecule has 0 aromatic carbocycles. The number of aliphatic hydroxyl groups excluding tert-OH is 1. The summed E-state index contributed by atoms with van der Waals surface area (Å²) in [6.07, 6.45) is 3.29. The fourth-order valence-electron chi connectivity index (χ4n) is 2.58. The first-order chi connectivity index (χ1) is 8.15. The molecule has 0 heterocycles. The zero-order chi connectivity index (χ0) is 12.7. The monoisotopic (exact) mass is 245 g/mol. The molecule has 0 aromatic rings. The van der Waals surface area contributed by atoms with Crippen molar-refractivity contribution in [1.29, 1.82) is 0 Å². The zero-order valence-electron chi connectivity index (χ0n) is 11.4. The molecule has 1 aliphatic rings. The third-order valence-corrected chi connectivity index (χ3v) is 3.40. The number of hydrogen-bond acceptors (Lipinski definition) is 4. The molecule has 1 rings (SSSR count). The molecule has 0 aromatic heterocycles. The number of hydrogen-bond donors (Lipinski definition) is 2. The van der Waals surface area contributed by atoms with Gasteiger partial charge in [0, 0.05) is 12.1 Å². The van der Waals surface area contributed by atoms with E-state index in [1.54, 1.807) is 0 Å². The normalized spacial score (nSPS) is 30.7. The van der Waals surface area contributed by atoms with Crippen molar-refractivity contribution in [3.63, 3.8) is 0 Å². The fourth-order valence-corrected chi connectivity index (χ4v) is 2.58. The van der Waals surface area contributed by atoms with Crippen LogP contribution in [0.3, 0.4) is 0 Å². The molecule has 3 atom stereocenters. The van der Waals surface area contributed by atoms with Crippen molar-refractivity contribution in [2.45, 2.75) is 57.8 Å². The van der Waals surface area contributed by atoms with E-state index in [4.69, 9.17) is 9.47 Å². The van der Waals surface area contributed by atoms with E-state index in [1.807, 2.05) is 13.8 Å². The van der Waals surface area contributed by atoms with Gasteiger partial charge in [-0.15, -0.1) is 0 Å². The smallest absolute Gasteiger partial charge is 0.0784 e. The summed E-state index contributed by atoms with van der Waals surface area (Å²) in [6, 6.07) is 0. The summed E-state index contributed by atoms with van der Waals surface area (Å²) in [7, 11) is 0. The van der Waals surface area contributed by atoms with Crippen LogP contribution in [0.25, 0.3) is 0 Å². The van der Waals surface area contributed by atoms with Gasteiger partial charge < -0.3 is 19.9 Å². The Morgan fingerprint density at radius 3 is 2.82 bits per heavy atom. The van der Waals surface area contributed by atoms with Gasteiger partial charge in [-0.2, -0.15) is 0 Å². The van der Waals surface area contributed by atoms with Crippen molar-refractivity contribution in [3.8, 4) is 0 Å². The Morgan fingerprint density at radius 1 is 1.47 bits per heavy atom. The van der Waals surface area contributed by atoms with Crippen LogP contribution in [-0.4, -0.2) is 49.2 Å². The number of nitrogens with one attached hydrogen (secondary N) is 1. The third kappa shape index (κ3) is 4.54. The number of ether oxygens (including phenoxy) is 2. The molecule has 0 saturated heterocycles. The standard InChI is InChI=1S/C13H27NO3/c1-4-14-13(10-15)7-6-12(8-13)17-11(3)9-16-5-2/h11-12,14-15H,4-10H2,1-3H3. The van der Waals surface area contributed by atoms with Gasteiger partial charge in [0.2, 0.25) is 0 Å². The van der Waals surface area contributed by atoms with Gasteiger partial charge in [0.25, 0.3) is 0 Å². The molecule has 0 aliphatic heterocycles. The van der Waals surface area contributed by atoms with Crippen LogP contribution in [0.1, 0.15) is 40.0 Å². The maximum absolute atomic E-state index is 9.50. The van der Waals surface area contributed by atoms with E-state index in [2.05, 4.69) is 12.2 Å². The molecule has 0 bridgehead atoms. The van der Waals surface area contributed by atoms with E-state index in [1.165, 1.54) is 0 Å². The van der Waals surface area contributed by atoms with Crippen molar-refractivity contribution in [2.24, 2.45) is 0 Å². The quantitative estimate of drug-likeness (QED) is 0.677. The predicted octanol–water partition coefficient (Wildman–Crippen LogP) is 1.32. The van der Waals surface area contributed by atoms with Crippen LogP contribution in [0.4, 0.5) is 0 Å². The Balaban J connectivity index is 2.33. The summed E-state index contributed by atoms with van der Waals surface area (Å²) < 4.78 is 11.3. The summed E-state index contributed by atoms with van der Waals surface area (Å²) >= 11 is 0. The van der Waals surface area contributed by atoms with E-state index < -0.39 is 0 Å². The van der Waals surface area contributed by atoms with Gasteiger partial charge >= 0.3 is 0 Å². The fraction of sp³-hybridized carbons (Fsp3) is 1.00. The molecule has 1 saturated carbocycles. The van der Waals surface area contributed by atoms with Crippen LogP contribution in [0.5, 0.6) is 0 Å². The lowest BCUT2D eigenvalue weighted by Gasteiger charge is -2.28. The van der Waals surface area contributed by atoms with Gasteiger partial charge in [-0.25, -0.2) is 0 Å². The summed E-state index contributed by atoms with van der Waals surface area (Å²) in [5.74, 6) is 0. The maximum Gasteiger partial charge on any atom is 0.0784 e. The largest absolute Gasteiger partial charge is 0.394 e. The van der Waals surface area contributed by atoms with Crippen molar-refractivity contribution in [1.82, 2.24) is 5.32 Å². The van der Waals surface area contributed by atoms with E-state index in [9.17, 15) is 5.11 Å². The Bertz CT molecular complexity index is 213. The molecule has 0 radical (unpaired) electrons. The first-order valence-electron chi connectivity index (χ1n) is 6.75. The van der Waals surface area contributed by atoms with Crippen LogP contribution in [0.2, 0.25) is 0 Å². The molecular weight excluding hydrogens is 218 g/mol. The minimum atomic E-state index is -0.120. The van der Waals surface area contributed by atoms with Crippen LogP contribution >= 0.6 is 0 Å². The Morgan fingerprint density at radius 2 is 2.24 bits per heavy atom. The van der Waals surface area contributed by atoms with Gasteiger partial charge in [0.1, 0.15) is 0 Å². The van der Waals surface area contributed by atoms with Crippen molar-refractivity contribution < 1.29 is 14.6 Å². The van der Waals surface area contributed by atoms with Gasteiger partial charge in [-0.05, 0) is 39.7 Å². The highest BCUT2D eigenvalue weighted by Gasteiger charge is 2.38. The molecule has 1 aliphatic carbocycles. The highest BCUT2D eigenvalue weighted by Crippen LogP contribution is 2.32. The Hall–Kier alpha value is -0.160. The average molecular weight is 245 g/mol. The van der Waals surface area contributed by atoms with Crippen LogP contribution < -0.4 is 5.32 Å². The second-order valence-corrected chi connectivity index (χ2v) is 4.94. The van der Waals surface area contributed by atoms with Crippen molar-refractivity contribution in [2.75, 3.05) is 26.4 Å². The lowest BCUT2D eigenvalue weighted by atomic mass is 9.99. The van der Waals surface area contributed by atoms with Gasteiger partial charge in [-0.1, -0.05) is 6.92 Å². The van der Waals surface area contributed by atoms with Gasteiger partial charge in [0.15, 0.2) is 0 Å². The van der Waals surface area contributed by atoms with E-state index >= 15 is 0 Å². The number of aliphatic hydroxyl groups is 1. The van der Waals surface area contributed by atoms with Crippen LogP contribution in [-0.2, 0) is 9.47 Å². The molecule has 102 valence electrons. The topological polar surface area (TPSA) is 50.7 Å². The second kappa shape index (κ2) is 7.31. The first kappa shape index (κ1) is 14.9. The second-order valence-electron chi connectivity index (χ2n) is 4.94. The zero-order valence-corrected chi connectivity index (χ0v) is 11.4. The summed E-state index contributed by atoms with van der Waals surface area (Å²) in [6.45, 7) is 8.58. The molecule has 0 amide bonds. The SMILES string of the molecule is CCNC1(CO)CCC(OC(C)COCC)C1. The average Bonchev–Trinajstić information content (AvgIpc) is 2.71. The minimum Gasteiger partial charge on any atom is -0.394 e. The molecule has 2 N–H and O–H groups in total. The van der Waals surface area contributed by atoms with Crippen molar-refractivity contribution in [3.05, 3.63) is 0 Å². The predicted molar refractivity (Wildman–Crippen MR) is 68.2 cm³/mol. The molecule has 4 heteroatoms. The lowest BCUT2D eigenvalue weighted by molar-refractivity contribution is -0.0468. The van der Waals surface area contributed by atoms with E-state index in [0.29, 0.717) is 6.61 Å². The Kier molecular flexibility index (Phi) is 6.41. The van der Waals surface area contributed by atoms with Gasteiger partial charge in [0.05, 0.1) is 25.4 Å². The van der Waals surface area contributed by atoms with Crippen LogP contribution in [0.15, 0.2) is 0 Å². The molecule has 4 nitrogen and oxygen atoms in total. The summed E-state index contributed by atoms with van der Waals surface area (Å²) in [4.78, 5) is 0. The highest BCUT2D eigenvalue weighted by atomic mass is 16.5.